The van der Waals surface area contributed by atoms with Gasteiger partial charge in [0.05, 0.1) is 0 Å². The molecule has 0 amide bonds. The molecular formula is C47H41N. The zero-order valence-electron chi connectivity index (χ0n) is 28.5. The highest BCUT2D eigenvalue weighted by Gasteiger charge is 2.35. The van der Waals surface area contributed by atoms with Crippen LogP contribution in [0, 0.1) is 0 Å². The second-order valence-electron chi connectivity index (χ2n) is 14.7. The van der Waals surface area contributed by atoms with E-state index >= 15 is 0 Å². The molecule has 1 aliphatic rings. The molecule has 8 rings (SSSR count). The number of benzene rings is 7. The Kier molecular flexibility index (Phi) is 7.11. The summed E-state index contributed by atoms with van der Waals surface area (Å²) < 4.78 is 0. The SMILES string of the molecule is CC(C)(C)c1ccc2cc(N(c3ccc(-c4ccccc4)cc3)c3ccc4c(c3)C(C)(C)c3ccccc3-4)cc(-c3ccccc3)c2c1. The van der Waals surface area contributed by atoms with Crippen molar-refractivity contribution in [1.29, 1.82) is 0 Å². The Morgan fingerprint density at radius 3 is 1.75 bits per heavy atom. The standard InChI is InChI=1S/C47H41N/c1-46(2,3)36-23-20-35-28-39(30-43(42(35)29-36)34-16-10-7-11-17-34)48(37-24-21-33(22-25-37)32-14-8-6-9-15-32)38-26-27-41-40-18-12-13-19-44(40)47(4,5)45(41)31-38/h6-31H,1-5H3. The molecule has 0 spiro atoms. The molecule has 0 atom stereocenters. The molecule has 1 heteroatoms. The van der Waals surface area contributed by atoms with Gasteiger partial charge in [-0.1, -0.05) is 150 Å². The Morgan fingerprint density at radius 1 is 0.438 bits per heavy atom. The zero-order chi connectivity index (χ0) is 33.0. The fraction of sp³-hybridized carbons (Fsp3) is 0.149. The van der Waals surface area contributed by atoms with Gasteiger partial charge in [-0.2, -0.15) is 0 Å². The lowest BCUT2D eigenvalue weighted by Crippen LogP contribution is -2.16. The van der Waals surface area contributed by atoms with E-state index in [9.17, 15) is 0 Å². The lowest BCUT2D eigenvalue weighted by molar-refractivity contribution is 0.591. The molecule has 0 saturated carbocycles. The minimum atomic E-state index is -0.0906. The van der Waals surface area contributed by atoms with Crippen molar-refractivity contribution in [3.63, 3.8) is 0 Å². The molecule has 0 unspecified atom stereocenters. The maximum absolute atomic E-state index is 2.44. The highest BCUT2D eigenvalue weighted by Crippen LogP contribution is 2.51. The predicted octanol–water partition coefficient (Wildman–Crippen LogP) is 13.2. The van der Waals surface area contributed by atoms with Gasteiger partial charge in [0.1, 0.15) is 0 Å². The van der Waals surface area contributed by atoms with Crippen molar-refractivity contribution in [3.05, 3.63) is 174 Å². The van der Waals surface area contributed by atoms with Crippen LogP contribution >= 0.6 is 0 Å². The maximum atomic E-state index is 2.44. The number of hydrogen-bond acceptors (Lipinski definition) is 1. The number of rotatable bonds is 5. The highest BCUT2D eigenvalue weighted by molar-refractivity contribution is 6.01. The predicted molar refractivity (Wildman–Crippen MR) is 206 cm³/mol. The Labute approximate surface area is 285 Å². The van der Waals surface area contributed by atoms with Gasteiger partial charge in [-0.15, -0.1) is 0 Å². The molecule has 1 nitrogen and oxygen atoms in total. The van der Waals surface area contributed by atoms with E-state index in [1.54, 1.807) is 0 Å². The van der Waals surface area contributed by atoms with Crippen molar-refractivity contribution >= 4 is 27.8 Å². The lowest BCUT2D eigenvalue weighted by Gasteiger charge is -2.29. The van der Waals surface area contributed by atoms with Crippen LogP contribution in [0.5, 0.6) is 0 Å². The van der Waals surface area contributed by atoms with Gasteiger partial charge in [-0.25, -0.2) is 0 Å². The number of nitrogens with zero attached hydrogens (tertiary/aromatic N) is 1. The summed E-state index contributed by atoms with van der Waals surface area (Å²) in [5.74, 6) is 0. The van der Waals surface area contributed by atoms with Gasteiger partial charge in [0.25, 0.3) is 0 Å². The fourth-order valence-electron chi connectivity index (χ4n) is 7.51. The molecule has 0 saturated heterocycles. The normalized spacial score (nSPS) is 13.3. The van der Waals surface area contributed by atoms with E-state index in [2.05, 4.69) is 197 Å². The van der Waals surface area contributed by atoms with Gasteiger partial charge < -0.3 is 4.90 Å². The molecule has 48 heavy (non-hydrogen) atoms. The first-order chi connectivity index (χ1) is 23.2. The van der Waals surface area contributed by atoms with E-state index in [0.717, 1.165) is 17.1 Å². The van der Waals surface area contributed by atoms with Gasteiger partial charge in [0.2, 0.25) is 0 Å². The Morgan fingerprint density at radius 2 is 1.04 bits per heavy atom. The second kappa shape index (κ2) is 11.4. The van der Waals surface area contributed by atoms with Crippen LogP contribution in [0.4, 0.5) is 17.1 Å². The van der Waals surface area contributed by atoms with Crippen LogP contribution < -0.4 is 4.90 Å². The Hall–Kier alpha value is -5.40. The largest absolute Gasteiger partial charge is 0.310 e. The lowest BCUT2D eigenvalue weighted by atomic mass is 9.82. The minimum Gasteiger partial charge on any atom is -0.310 e. The summed E-state index contributed by atoms with van der Waals surface area (Å²) in [7, 11) is 0. The first-order valence-electron chi connectivity index (χ1n) is 17.0. The smallest absolute Gasteiger partial charge is 0.0474 e. The van der Waals surface area contributed by atoms with Crippen molar-refractivity contribution in [2.75, 3.05) is 4.90 Å². The molecule has 0 heterocycles. The monoisotopic (exact) mass is 619 g/mol. The van der Waals surface area contributed by atoms with E-state index in [-0.39, 0.29) is 10.8 Å². The molecule has 1 aliphatic carbocycles. The topological polar surface area (TPSA) is 3.24 Å². The van der Waals surface area contributed by atoms with E-state index in [0.29, 0.717) is 0 Å². The summed E-state index contributed by atoms with van der Waals surface area (Å²) in [6.45, 7) is 11.6. The van der Waals surface area contributed by atoms with Crippen LogP contribution in [0.25, 0.3) is 44.2 Å². The Balaban J connectivity index is 1.35. The van der Waals surface area contributed by atoms with Gasteiger partial charge >= 0.3 is 0 Å². The third-order valence-corrected chi connectivity index (χ3v) is 10.2. The van der Waals surface area contributed by atoms with Gasteiger partial charge in [-0.05, 0) is 109 Å². The fourth-order valence-corrected chi connectivity index (χ4v) is 7.51. The molecular weight excluding hydrogens is 579 g/mol. The maximum Gasteiger partial charge on any atom is 0.0474 e. The molecule has 0 aromatic heterocycles. The molecule has 7 aromatic rings. The molecule has 0 aliphatic heterocycles. The van der Waals surface area contributed by atoms with Crippen LogP contribution in [0.2, 0.25) is 0 Å². The van der Waals surface area contributed by atoms with Crippen molar-refractivity contribution in [2.24, 2.45) is 0 Å². The summed E-state index contributed by atoms with van der Waals surface area (Å²) >= 11 is 0. The second-order valence-corrected chi connectivity index (χ2v) is 14.7. The summed E-state index contributed by atoms with van der Waals surface area (Å²) in [5, 5.41) is 2.52. The highest BCUT2D eigenvalue weighted by atomic mass is 15.1. The molecule has 0 bridgehead atoms. The van der Waals surface area contributed by atoms with Crippen LogP contribution in [-0.4, -0.2) is 0 Å². The quantitative estimate of drug-likeness (QED) is 0.185. The minimum absolute atomic E-state index is 0.0577. The molecule has 0 radical (unpaired) electrons. The van der Waals surface area contributed by atoms with Crippen molar-refractivity contribution in [3.8, 4) is 33.4 Å². The van der Waals surface area contributed by atoms with Crippen LogP contribution in [0.1, 0.15) is 51.3 Å². The van der Waals surface area contributed by atoms with Crippen molar-refractivity contribution < 1.29 is 0 Å². The number of anilines is 3. The van der Waals surface area contributed by atoms with Crippen LogP contribution in [0.15, 0.2) is 158 Å². The number of hydrogen-bond donors (Lipinski definition) is 0. The molecule has 0 N–H and O–H groups in total. The molecule has 7 aromatic carbocycles. The van der Waals surface area contributed by atoms with Crippen molar-refractivity contribution in [1.82, 2.24) is 0 Å². The van der Waals surface area contributed by atoms with E-state index < -0.39 is 0 Å². The first-order valence-corrected chi connectivity index (χ1v) is 17.0. The van der Waals surface area contributed by atoms with Gasteiger partial charge in [-0.3, -0.25) is 0 Å². The van der Waals surface area contributed by atoms with E-state index in [4.69, 9.17) is 0 Å². The first kappa shape index (κ1) is 30.0. The van der Waals surface area contributed by atoms with E-state index in [1.165, 1.54) is 60.8 Å². The van der Waals surface area contributed by atoms with Gasteiger partial charge in [0.15, 0.2) is 0 Å². The third-order valence-electron chi connectivity index (χ3n) is 10.2. The van der Waals surface area contributed by atoms with Crippen LogP contribution in [-0.2, 0) is 10.8 Å². The average molecular weight is 620 g/mol. The summed E-state index contributed by atoms with van der Waals surface area (Å²) in [4.78, 5) is 2.44. The van der Waals surface area contributed by atoms with E-state index in [1.807, 2.05) is 0 Å². The third kappa shape index (κ3) is 5.11. The molecule has 0 fully saturated rings. The summed E-state index contributed by atoms with van der Waals surface area (Å²) in [6.07, 6.45) is 0. The number of fused-ring (bicyclic) bond motifs is 4. The molecule has 234 valence electrons. The van der Waals surface area contributed by atoms with Crippen molar-refractivity contribution in [2.45, 2.75) is 45.4 Å². The Bertz CT molecular complexity index is 2270. The summed E-state index contributed by atoms with van der Waals surface area (Å²) in [5.41, 5.74) is 15.1. The summed E-state index contributed by atoms with van der Waals surface area (Å²) in [6, 6.07) is 58.2. The van der Waals surface area contributed by atoms with Crippen LogP contribution in [0.3, 0.4) is 0 Å². The van der Waals surface area contributed by atoms with Gasteiger partial charge in [0, 0.05) is 22.5 Å². The average Bonchev–Trinajstić information content (AvgIpc) is 3.34. The zero-order valence-corrected chi connectivity index (χ0v) is 28.5.